The van der Waals surface area contributed by atoms with Gasteiger partial charge >= 0.3 is 0 Å². The molecule has 0 spiro atoms. The minimum absolute atomic E-state index is 0.0231. The highest BCUT2D eigenvalue weighted by atomic mass is 32.2. The third-order valence-electron chi connectivity index (χ3n) is 1.91. The standard InChI is InChI=1S/C9H19NO3S/c1-9(2,10)6-14(11,12)7-13-5-8-3-4-8/h8H,3-7,10H2,1-2H3. The van der Waals surface area contributed by atoms with Crippen molar-refractivity contribution < 1.29 is 13.2 Å². The first-order valence-electron chi connectivity index (χ1n) is 4.86. The summed E-state index contributed by atoms with van der Waals surface area (Å²) in [5, 5.41) is 0. The van der Waals surface area contributed by atoms with E-state index in [1.165, 1.54) is 12.8 Å². The molecule has 0 bridgehead atoms. The van der Waals surface area contributed by atoms with Crippen LogP contribution in [0.15, 0.2) is 0 Å². The van der Waals surface area contributed by atoms with Crippen molar-refractivity contribution in [2.24, 2.45) is 11.7 Å². The van der Waals surface area contributed by atoms with E-state index in [2.05, 4.69) is 0 Å². The summed E-state index contributed by atoms with van der Waals surface area (Å²) in [6.45, 7) is 3.97. The van der Waals surface area contributed by atoms with Crippen molar-refractivity contribution >= 4 is 9.84 Å². The van der Waals surface area contributed by atoms with Gasteiger partial charge in [0.2, 0.25) is 0 Å². The van der Waals surface area contributed by atoms with Crippen molar-refractivity contribution in [1.82, 2.24) is 0 Å². The number of rotatable bonds is 6. The maximum absolute atomic E-state index is 11.4. The Morgan fingerprint density at radius 3 is 2.43 bits per heavy atom. The summed E-state index contributed by atoms with van der Waals surface area (Å²) in [6.07, 6.45) is 2.34. The summed E-state index contributed by atoms with van der Waals surface area (Å²) in [6, 6.07) is 0. The first-order valence-corrected chi connectivity index (χ1v) is 6.68. The minimum Gasteiger partial charge on any atom is -0.365 e. The van der Waals surface area contributed by atoms with Crippen LogP contribution in [0.25, 0.3) is 0 Å². The molecule has 1 rings (SSSR count). The number of sulfone groups is 1. The van der Waals surface area contributed by atoms with E-state index in [0.29, 0.717) is 12.5 Å². The zero-order valence-electron chi connectivity index (χ0n) is 8.82. The predicted octanol–water partition coefficient (Wildman–Crippen LogP) is 0.523. The molecule has 1 aliphatic rings. The molecule has 1 fully saturated rings. The maximum atomic E-state index is 11.4. The van der Waals surface area contributed by atoms with Gasteiger partial charge in [0.15, 0.2) is 9.84 Å². The SMILES string of the molecule is CC(C)(N)CS(=O)(=O)COCC1CC1. The molecule has 4 nitrogen and oxygen atoms in total. The highest BCUT2D eigenvalue weighted by Gasteiger charge is 2.25. The average molecular weight is 221 g/mol. The molecule has 1 aliphatic carbocycles. The number of nitrogens with two attached hydrogens (primary N) is 1. The zero-order valence-corrected chi connectivity index (χ0v) is 9.64. The van der Waals surface area contributed by atoms with E-state index in [1.807, 2.05) is 0 Å². The van der Waals surface area contributed by atoms with Gasteiger partial charge in [0, 0.05) is 5.54 Å². The van der Waals surface area contributed by atoms with Gasteiger partial charge in [0.05, 0.1) is 12.4 Å². The summed E-state index contributed by atoms with van der Waals surface area (Å²) in [7, 11) is -3.15. The molecule has 0 atom stereocenters. The topological polar surface area (TPSA) is 69.4 Å². The fraction of sp³-hybridized carbons (Fsp3) is 1.00. The van der Waals surface area contributed by atoms with Crippen molar-refractivity contribution in [3.05, 3.63) is 0 Å². The van der Waals surface area contributed by atoms with Gasteiger partial charge in [-0.3, -0.25) is 0 Å². The van der Waals surface area contributed by atoms with Crippen LogP contribution >= 0.6 is 0 Å². The molecule has 0 saturated heterocycles. The van der Waals surface area contributed by atoms with Crippen LogP contribution in [0.4, 0.5) is 0 Å². The summed E-state index contributed by atoms with van der Waals surface area (Å²) in [5.41, 5.74) is 4.95. The van der Waals surface area contributed by atoms with Crippen LogP contribution in [0.1, 0.15) is 26.7 Å². The van der Waals surface area contributed by atoms with Crippen LogP contribution in [0.2, 0.25) is 0 Å². The molecule has 0 unspecified atom stereocenters. The second-order valence-corrected chi connectivity index (χ2v) is 6.82. The lowest BCUT2D eigenvalue weighted by atomic mass is 10.1. The van der Waals surface area contributed by atoms with Crippen molar-refractivity contribution in [2.45, 2.75) is 32.2 Å². The molecule has 84 valence electrons. The third kappa shape index (κ3) is 5.57. The number of ether oxygens (including phenoxy) is 1. The zero-order chi connectivity index (χ0) is 10.8. The van der Waals surface area contributed by atoms with E-state index in [1.54, 1.807) is 13.8 Å². The lowest BCUT2D eigenvalue weighted by Gasteiger charge is -2.18. The van der Waals surface area contributed by atoms with Gasteiger partial charge in [-0.1, -0.05) is 0 Å². The first kappa shape index (κ1) is 11.9. The van der Waals surface area contributed by atoms with Gasteiger partial charge in [-0.05, 0) is 32.6 Å². The maximum Gasteiger partial charge on any atom is 0.176 e. The second-order valence-electron chi connectivity index (χ2n) is 4.81. The highest BCUT2D eigenvalue weighted by Crippen LogP contribution is 2.28. The molecule has 0 radical (unpaired) electrons. The van der Waals surface area contributed by atoms with Crippen molar-refractivity contribution in [2.75, 3.05) is 18.3 Å². The predicted molar refractivity (Wildman–Crippen MR) is 55.6 cm³/mol. The summed E-state index contributed by atoms with van der Waals surface area (Å²) in [4.78, 5) is 0. The monoisotopic (exact) mass is 221 g/mol. The van der Waals surface area contributed by atoms with Crippen molar-refractivity contribution in [3.8, 4) is 0 Å². The molecule has 0 aromatic carbocycles. The van der Waals surface area contributed by atoms with E-state index >= 15 is 0 Å². The van der Waals surface area contributed by atoms with E-state index in [4.69, 9.17) is 10.5 Å². The molecule has 14 heavy (non-hydrogen) atoms. The third-order valence-corrected chi connectivity index (χ3v) is 3.61. The van der Waals surface area contributed by atoms with Crippen LogP contribution in [0, 0.1) is 5.92 Å². The molecule has 0 amide bonds. The Kier molecular flexibility index (Phi) is 3.55. The number of hydrogen-bond donors (Lipinski definition) is 1. The normalized spacial score (nSPS) is 18.5. The van der Waals surface area contributed by atoms with Gasteiger partial charge in [0.1, 0.15) is 5.94 Å². The van der Waals surface area contributed by atoms with Crippen LogP contribution in [0.5, 0.6) is 0 Å². The van der Waals surface area contributed by atoms with Crippen LogP contribution in [0.3, 0.4) is 0 Å². The van der Waals surface area contributed by atoms with Crippen molar-refractivity contribution in [3.63, 3.8) is 0 Å². The Morgan fingerprint density at radius 1 is 1.43 bits per heavy atom. The van der Waals surface area contributed by atoms with Gasteiger partial charge in [-0.15, -0.1) is 0 Å². The Hall–Kier alpha value is -0.130. The van der Waals surface area contributed by atoms with Crippen LogP contribution < -0.4 is 5.73 Å². The Bertz CT molecular complexity index is 275. The van der Waals surface area contributed by atoms with E-state index < -0.39 is 15.4 Å². The molecule has 0 aromatic heterocycles. The van der Waals surface area contributed by atoms with Crippen LogP contribution in [-0.2, 0) is 14.6 Å². The van der Waals surface area contributed by atoms with Gasteiger partial charge < -0.3 is 10.5 Å². The fourth-order valence-corrected chi connectivity index (χ4v) is 2.80. The van der Waals surface area contributed by atoms with Gasteiger partial charge in [-0.25, -0.2) is 8.42 Å². The Labute approximate surface area is 85.7 Å². The molecule has 1 saturated carbocycles. The smallest absolute Gasteiger partial charge is 0.176 e. The largest absolute Gasteiger partial charge is 0.365 e. The Morgan fingerprint density at radius 2 is 2.00 bits per heavy atom. The Balaban J connectivity index is 2.25. The van der Waals surface area contributed by atoms with E-state index in [9.17, 15) is 8.42 Å². The first-order chi connectivity index (χ1) is 6.29. The average Bonchev–Trinajstić information content (AvgIpc) is 2.64. The highest BCUT2D eigenvalue weighted by molar-refractivity contribution is 7.91. The second kappa shape index (κ2) is 4.16. The van der Waals surface area contributed by atoms with Gasteiger partial charge in [0.25, 0.3) is 0 Å². The fourth-order valence-electron chi connectivity index (χ4n) is 1.23. The molecular formula is C9H19NO3S. The number of hydrogen-bond acceptors (Lipinski definition) is 4. The molecule has 2 N–H and O–H groups in total. The van der Waals surface area contributed by atoms with E-state index in [-0.39, 0.29) is 11.7 Å². The molecular weight excluding hydrogens is 202 g/mol. The molecule has 0 aliphatic heterocycles. The molecule has 0 aromatic rings. The lowest BCUT2D eigenvalue weighted by Crippen LogP contribution is -2.40. The summed E-state index contributed by atoms with van der Waals surface area (Å²) >= 11 is 0. The lowest BCUT2D eigenvalue weighted by molar-refractivity contribution is 0.165. The summed E-state index contributed by atoms with van der Waals surface area (Å²) < 4.78 is 28.0. The van der Waals surface area contributed by atoms with E-state index in [0.717, 1.165) is 0 Å². The van der Waals surface area contributed by atoms with Crippen molar-refractivity contribution in [1.29, 1.82) is 0 Å². The van der Waals surface area contributed by atoms with Gasteiger partial charge in [-0.2, -0.15) is 0 Å². The quantitative estimate of drug-likeness (QED) is 0.710. The summed E-state index contributed by atoms with van der Waals surface area (Å²) in [5.74, 6) is 0.380. The molecule has 0 heterocycles. The minimum atomic E-state index is -3.15. The van der Waals surface area contributed by atoms with Crippen LogP contribution in [-0.4, -0.2) is 32.3 Å². The molecule has 5 heteroatoms.